The number of hydrogen-bond donors (Lipinski definition) is 1. The summed E-state index contributed by atoms with van der Waals surface area (Å²) in [6.07, 6.45) is 4.66. The molecule has 3 nitrogen and oxygen atoms in total. The van der Waals surface area contributed by atoms with Crippen molar-refractivity contribution in [2.75, 3.05) is 19.0 Å². The number of hydrogen-bond acceptors (Lipinski definition) is 2. The highest BCUT2D eigenvalue weighted by molar-refractivity contribution is 6.17. The summed E-state index contributed by atoms with van der Waals surface area (Å²) in [4.78, 5) is 11.3. The second-order valence-corrected chi connectivity index (χ2v) is 4.50. The Bertz CT molecular complexity index is 174. The number of alkyl halides is 1. The lowest BCUT2D eigenvalue weighted by molar-refractivity contribution is -0.121. The Morgan fingerprint density at radius 2 is 2.00 bits per heavy atom. The van der Waals surface area contributed by atoms with E-state index in [4.69, 9.17) is 16.3 Å². The molecule has 0 atom stereocenters. The zero-order chi connectivity index (χ0) is 12.2. The van der Waals surface area contributed by atoms with Crippen molar-refractivity contribution in [3.63, 3.8) is 0 Å². The van der Waals surface area contributed by atoms with Crippen molar-refractivity contribution in [3.05, 3.63) is 0 Å². The van der Waals surface area contributed by atoms with Gasteiger partial charge in [0.25, 0.3) is 0 Å². The van der Waals surface area contributed by atoms with Gasteiger partial charge in [0.05, 0.1) is 6.10 Å². The molecule has 0 aromatic carbocycles. The molecule has 0 bridgehead atoms. The molecule has 96 valence electrons. The molecule has 0 aliphatic heterocycles. The third kappa shape index (κ3) is 11.8. The summed E-state index contributed by atoms with van der Waals surface area (Å²) in [5, 5.41) is 2.89. The molecule has 16 heavy (non-hydrogen) atoms. The summed E-state index contributed by atoms with van der Waals surface area (Å²) in [6.45, 7) is 5.58. The van der Waals surface area contributed by atoms with Crippen LogP contribution in [0.5, 0.6) is 0 Å². The number of amides is 1. The van der Waals surface area contributed by atoms with E-state index in [-0.39, 0.29) is 5.91 Å². The fourth-order valence-electron chi connectivity index (χ4n) is 1.24. The highest BCUT2D eigenvalue weighted by Crippen LogP contribution is 1.97. The van der Waals surface area contributed by atoms with Crippen LogP contribution in [-0.2, 0) is 9.53 Å². The molecule has 1 N–H and O–H groups in total. The Morgan fingerprint density at radius 3 is 2.62 bits per heavy atom. The highest BCUT2D eigenvalue weighted by Gasteiger charge is 1.99. The summed E-state index contributed by atoms with van der Waals surface area (Å²) in [5.74, 6) is 0.773. The van der Waals surface area contributed by atoms with Crippen molar-refractivity contribution in [1.29, 1.82) is 0 Å². The van der Waals surface area contributed by atoms with E-state index in [2.05, 4.69) is 5.32 Å². The third-order valence-electron chi connectivity index (χ3n) is 2.13. The molecule has 0 aliphatic carbocycles. The SMILES string of the molecule is CC(C)OCCCCNC(=O)CCCCCl. The van der Waals surface area contributed by atoms with Gasteiger partial charge in [-0.1, -0.05) is 0 Å². The van der Waals surface area contributed by atoms with Crippen LogP contribution in [-0.4, -0.2) is 31.0 Å². The molecule has 0 saturated heterocycles. The molecule has 0 fully saturated rings. The number of ether oxygens (including phenoxy) is 1. The first-order valence-corrected chi connectivity index (χ1v) is 6.64. The Labute approximate surface area is 104 Å². The Balaban J connectivity index is 3.15. The van der Waals surface area contributed by atoms with E-state index in [0.29, 0.717) is 18.4 Å². The summed E-state index contributed by atoms with van der Waals surface area (Å²) >= 11 is 5.53. The third-order valence-corrected chi connectivity index (χ3v) is 2.40. The van der Waals surface area contributed by atoms with E-state index in [1.807, 2.05) is 13.8 Å². The number of unbranched alkanes of at least 4 members (excludes halogenated alkanes) is 2. The zero-order valence-electron chi connectivity index (χ0n) is 10.4. The number of halogens is 1. The highest BCUT2D eigenvalue weighted by atomic mass is 35.5. The monoisotopic (exact) mass is 249 g/mol. The van der Waals surface area contributed by atoms with Crippen LogP contribution in [0.2, 0.25) is 0 Å². The lowest BCUT2D eigenvalue weighted by Crippen LogP contribution is -2.24. The molecule has 0 spiro atoms. The molecule has 0 rings (SSSR count). The molecule has 0 aliphatic rings. The van der Waals surface area contributed by atoms with Crippen LogP contribution in [0.3, 0.4) is 0 Å². The number of carbonyl (C=O) groups is 1. The van der Waals surface area contributed by atoms with Gasteiger partial charge in [0, 0.05) is 25.5 Å². The number of carbonyl (C=O) groups excluding carboxylic acids is 1. The molecule has 1 amide bonds. The minimum absolute atomic E-state index is 0.134. The van der Waals surface area contributed by atoms with Crippen molar-refractivity contribution in [1.82, 2.24) is 5.32 Å². The van der Waals surface area contributed by atoms with E-state index in [1.54, 1.807) is 0 Å². The fraction of sp³-hybridized carbons (Fsp3) is 0.917. The maximum Gasteiger partial charge on any atom is 0.219 e. The smallest absolute Gasteiger partial charge is 0.219 e. The molecule has 0 heterocycles. The van der Waals surface area contributed by atoms with Gasteiger partial charge in [-0.3, -0.25) is 4.79 Å². The van der Waals surface area contributed by atoms with Gasteiger partial charge in [-0.2, -0.15) is 0 Å². The summed E-state index contributed by atoms with van der Waals surface area (Å²) < 4.78 is 5.40. The van der Waals surface area contributed by atoms with Gasteiger partial charge in [0.1, 0.15) is 0 Å². The van der Waals surface area contributed by atoms with Crippen molar-refractivity contribution >= 4 is 17.5 Å². The van der Waals surface area contributed by atoms with Crippen LogP contribution >= 0.6 is 11.6 Å². The van der Waals surface area contributed by atoms with Gasteiger partial charge in [-0.05, 0) is 39.5 Å². The lowest BCUT2D eigenvalue weighted by atomic mass is 10.2. The van der Waals surface area contributed by atoms with Gasteiger partial charge >= 0.3 is 0 Å². The van der Waals surface area contributed by atoms with Crippen molar-refractivity contribution in [2.24, 2.45) is 0 Å². The molecule has 0 unspecified atom stereocenters. The summed E-state index contributed by atoms with van der Waals surface area (Å²) in [6, 6.07) is 0. The minimum atomic E-state index is 0.134. The predicted octanol–water partition coefficient (Wildman–Crippen LogP) is 2.72. The average Bonchev–Trinajstić information content (AvgIpc) is 2.23. The fourth-order valence-corrected chi connectivity index (χ4v) is 1.43. The van der Waals surface area contributed by atoms with E-state index >= 15 is 0 Å². The molecule has 0 saturated carbocycles. The zero-order valence-corrected chi connectivity index (χ0v) is 11.2. The van der Waals surface area contributed by atoms with Crippen LogP contribution in [0.1, 0.15) is 46.0 Å². The van der Waals surface area contributed by atoms with Gasteiger partial charge in [-0.25, -0.2) is 0 Å². The first-order valence-electron chi connectivity index (χ1n) is 6.11. The lowest BCUT2D eigenvalue weighted by Gasteiger charge is -2.07. The maximum atomic E-state index is 11.3. The molecule has 0 aromatic heterocycles. The van der Waals surface area contributed by atoms with Crippen molar-refractivity contribution < 1.29 is 9.53 Å². The first-order chi connectivity index (χ1) is 7.66. The van der Waals surface area contributed by atoms with E-state index in [0.717, 1.165) is 38.8 Å². The largest absolute Gasteiger partial charge is 0.379 e. The van der Waals surface area contributed by atoms with E-state index in [9.17, 15) is 4.79 Å². The molecular weight excluding hydrogens is 226 g/mol. The Kier molecular flexibility index (Phi) is 11.0. The maximum absolute atomic E-state index is 11.3. The van der Waals surface area contributed by atoms with Crippen LogP contribution in [0, 0.1) is 0 Å². The van der Waals surface area contributed by atoms with Crippen LogP contribution in [0.4, 0.5) is 0 Å². The molecule has 0 radical (unpaired) electrons. The first kappa shape index (κ1) is 15.7. The standard InChI is InChI=1S/C12H24ClNO2/c1-11(2)16-10-6-5-9-14-12(15)7-3-4-8-13/h11H,3-10H2,1-2H3,(H,14,15). The van der Waals surface area contributed by atoms with Gasteiger partial charge in [0.2, 0.25) is 5.91 Å². The van der Waals surface area contributed by atoms with Gasteiger partial charge in [0.15, 0.2) is 0 Å². The van der Waals surface area contributed by atoms with Gasteiger partial charge in [-0.15, -0.1) is 11.6 Å². The predicted molar refractivity (Wildman–Crippen MR) is 67.9 cm³/mol. The second kappa shape index (κ2) is 11.2. The van der Waals surface area contributed by atoms with E-state index in [1.165, 1.54) is 0 Å². The normalized spacial score (nSPS) is 10.8. The second-order valence-electron chi connectivity index (χ2n) is 4.12. The van der Waals surface area contributed by atoms with Crippen LogP contribution < -0.4 is 5.32 Å². The van der Waals surface area contributed by atoms with Crippen molar-refractivity contribution in [3.8, 4) is 0 Å². The summed E-state index contributed by atoms with van der Waals surface area (Å²) in [5.41, 5.74) is 0. The molecule has 0 aromatic rings. The van der Waals surface area contributed by atoms with Crippen LogP contribution in [0.25, 0.3) is 0 Å². The van der Waals surface area contributed by atoms with E-state index < -0.39 is 0 Å². The topological polar surface area (TPSA) is 38.3 Å². The number of nitrogens with one attached hydrogen (secondary N) is 1. The minimum Gasteiger partial charge on any atom is -0.379 e. The van der Waals surface area contributed by atoms with Crippen LogP contribution in [0.15, 0.2) is 0 Å². The van der Waals surface area contributed by atoms with Crippen molar-refractivity contribution in [2.45, 2.75) is 52.1 Å². The summed E-state index contributed by atoms with van der Waals surface area (Å²) in [7, 11) is 0. The Hall–Kier alpha value is -0.280. The number of rotatable bonds is 10. The Morgan fingerprint density at radius 1 is 1.25 bits per heavy atom. The average molecular weight is 250 g/mol. The van der Waals surface area contributed by atoms with Gasteiger partial charge < -0.3 is 10.1 Å². The molecule has 4 heteroatoms. The molecular formula is C12H24ClNO2. The quantitative estimate of drug-likeness (QED) is 0.478.